The lowest BCUT2D eigenvalue weighted by Gasteiger charge is -2.29. The van der Waals surface area contributed by atoms with Gasteiger partial charge in [-0.1, -0.05) is 41.4 Å². The van der Waals surface area contributed by atoms with Gasteiger partial charge in [-0.3, -0.25) is 9.59 Å². The summed E-state index contributed by atoms with van der Waals surface area (Å²) in [5, 5.41) is 5.47. The molecule has 3 atom stereocenters. The minimum absolute atomic E-state index is 0.160. The largest absolute Gasteiger partial charge is 0.274 e. The van der Waals surface area contributed by atoms with E-state index in [2.05, 4.69) is 10.0 Å². The smallest absolute Gasteiger partial charge is 0.253 e. The molecule has 0 unspecified atom stereocenters. The Labute approximate surface area is 173 Å². The number of hydrazine groups is 1. The van der Waals surface area contributed by atoms with Gasteiger partial charge < -0.3 is 0 Å². The summed E-state index contributed by atoms with van der Waals surface area (Å²) >= 11 is 12.3. The SMILES string of the molecule is Cc1ccc(N2C(=O)[C@@H]3[C@@H](C2=O)N2CCCN2[C@H]3c2ccc(Cl)cc2)cc1Cl. The second-order valence-corrected chi connectivity index (χ2v) is 8.44. The third-order valence-electron chi connectivity index (χ3n) is 6.03. The lowest BCUT2D eigenvalue weighted by Crippen LogP contribution is -2.44. The van der Waals surface area contributed by atoms with E-state index in [1.165, 1.54) is 4.90 Å². The van der Waals surface area contributed by atoms with Gasteiger partial charge in [0.15, 0.2) is 0 Å². The summed E-state index contributed by atoms with van der Waals surface area (Å²) in [5.41, 5.74) is 2.46. The molecule has 3 heterocycles. The first kappa shape index (κ1) is 18.1. The molecule has 3 aliphatic heterocycles. The zero-order valence-electron chi connectivity index (χ0n) is 15.3. The molecule has 2 aromatic rings. The van der Waals surface area contributed by atoms with Crippen LogP contribution in [0.1, 0.15) is 23.6 Å². The van der Waals surface area contributed by atoms with Gasteiger partial charge in [0.05, 0.1) is 17.6 Å². The summed E-state index contributed by atoms with van der Waals surface area (Å²) < 4.78 is 0. The highest BCUT2D eigenvalue weighted by molar-refractivity contribution is 6.32. The molecule has 0 aromatic heterocycles. The van der Waals surface area contributed by atoms with Crippen LogP contribution in [0, 0.1) is 12.8 Å². The zero-order chi connectivity index (χ0) is 19.6. The number of nitrogens with zero attached hydrogens (tertiary/aromatic N) is 3. The van der Waals surface area contributed by atoms with Crippen LogP contribution in [0.3, 0.4) is 0 Å². The number of aryl methyl sites for hydroxylation is 1. The van der Waals surface area contributed by atoms with Gasteiger partial charge in [0.2, 0.25) is 5.91 Å². The summed E-state index contributed by atoms with van der Waals surface area (Å²) in [5.74, 6) is -0.767. The van der Waals surface area contributed by atoms with Crippen LogP contribution in [0.25, 0.3) is 0 Å². The van der Waals surface area contributed by atoms with E-state index in [4.69, 9.17) is 23.2 Å². The quantitative estimate of drug-likeness (QED) is 0.698. The van der Waals surface area contributed by atoms with E-state index in [1.807, 2.05) is 37.3 Å². The topological polar surface area (TPSA) is 43.9 Å². The van der Waals surface area contributed by atoms with E-state index in [1.54, 1.807) is 12.1 Å². The van der Waals surface area contributed by atoms with Gasteiger partial charge in [0.1, 0.15) is 6.04 Å². The number of carbonyl (C=O) groups is 2. The Morgan fingerprint density at radius 2 is 1.57 bits per heavy atom. The Balaban J connectivity index is 1.58. The van der Waals surface area contributed by atoms with E-state index in [-0.39, 0.29) is 17.9 Å². The minimum atomic E-state index is -0.462. The van der Waals surface area contributed by atoms with Gasteiger partial charge in [-0.2, -0.15) is 0 Å². The first-order chi connectivity index (χ1) is 13.5. The van der Waals surface area contributed by atoms with Crippen molar-refractivity contribution in [2.45, 2.75) is 25.4 Å². The van der Waals surface area contributed by atoms with Crippen LogP contribution >= 0.6 is 23.2 Å². The zero-order valence-corrected chi connectivity index (χ0v) is 16.8. The van der Waals surface area contributed by atoms with Crippen LogP contribution in [0.15, 0.2) is 42.5 Å². The first-order valence-electron chi connectivity index (χ1n) is 9.40. The van der Waals surface area contributed by atoms with Crippen LogP contribution < -0.4 is 4.90 Å². The number of fused-ring (bicyclic) bond motifs is 3. The molecular weight excluding hydrogens is 397 g/mol. The highest BCUT2D eigenvalue weighted by atomic mass is 35.5. The lowest BCUT2D eigenvalue weighted by atomic mass is 9.90. The van der Waals surface area contributed by atoms with E-state index >= 15 is 0 Å². The van der Waals surface area contributed by atoms with Crippen LogP contribution in [-0.2, 0) is 9.59 Å². The van der Waals surface area contributed by atoms with Gasteiger partial charge >= 0.3 is 0 Å². The molecule has 0 N–H and O–H groups in total. The maximum atomic E-state index is 13.5. The molecule has 0 bridgehead atoms. The van der Waals surface area contributed by atoms with Crippen molar-refractivity contribution in [2.75, 3.05) is 18.0 Å². The number of halogens is 2. The van der Waals surface area contributed by atoms with Crippen molar-refractivity contribution in [1.82, 2.24) is 10.0 Å². The number of rotatable bonds is 2. The van der Waals surface area contributed by atoms with E-state index in [0.717, 1.165) is 30.6 Å². The molecule has 2 amide bonds. The maximum Gasteiger partial charge on any atom is 0.253 e. The molecule has 7 heteroatoms. The molecule has 2 aromatic carbocycles. The van der Waals surface area contributed by atoms with Crippen molar-refractivity contribution >= 4 is 40.7 Å². The monoisotopic (exact) mass is 415 g/mol. The van der Waals surface area contributed by atoms with Gasteiger partial charge in [0.25, 0.3) is 5.91 Å². The fourth-order valence-corrected chi connectivity index (χ4v) is 5.05. The van der Waals surface area contributed by atoms with Crippen LogP contribution in [0.2, 0.25) is 10.0 Å². The Bertz CT molecular complexity index is 978. The fourth-order valence-electron chi connectivity index (χ4n) is 4.75. The molecule has 0 saturated carbocycles. The number of imide groups is 1. The van der Waals surface area contributed by atoms with Crippen molar-refractivity contribution in [2.24, 2.45) is 5.92 Å². The van der Waals surface area contributed by atoms with Gasteiger partial charge in [0, 0.05) is 23.1 Å². The Hall–Kier alpha value is -1.92. The molecule has 3 saturated heterocycles. The average molecular weight is 416 g/mol. The van der Waals surface area contributed by atoms with Gasteiger partial charge in [-0.25, -0.2) is 14.9 Å². The highest BCUT2D eigenvalue weighted by Gasteiger charge is 2.62. The molecular formula is C21H19Cl2N3O2. The number of hydrogen-bond donors (Lipinski definition) is 0. The number of anilines is 1. The summed E-state index contributed by atoms with van der Waals surface area (Å²) in [6.45, 7) is 3.52. The number of benzene rings is 2. The van der Waals surface area contributed by atoms with Crippen molar-refractivity contribution in [3.8, 4) is 0 Å². The second kappa shape index (κ2) is 6.56. The molecule has 0 spiro atoms. The van der Waals surface area contributed by atoms with Crippen LogP contribution in [-0.4, -0.2) is 41.0 Å². The van der Waals surface area contributed by atoms with Crippen molar-refractivity contribution < 1.29 is 9.59 Å². The fraction of sp³-hybridized carbons (Fsp3) is 0.333. The predicted octanol–water partition coefficient (Wildman–Crippen LogP) is 3.84. The summed E-state index contributed by atoms with van der Waals surface area (Å²) in [6.07, 6.45) is 0.977. The second-order valence-electron chi connectivity index (χ2n) is 7.59. The normalized spacial score (nSPS) is 27.5. The Morgan fingerprint density at radius 3 is 2.25 bits per heavy atom. The Morgan fingerprint density at radius 1 is 0.893 bits per heavy atom. The van der Waals surface area contributed by atoms with Gasteiger partial charge in [-0.05, 0) is 48.7 Å². The summed E-state index contributed by atoms with van der Waals surface area (Å²) in [7, 11) is 0. The number of amides is 2. The van der Waals surface area contributed by atoms with Crippen molar-refractivity contribution in [1.29, 1.82) is 0 Å². The third kappa shape index (κ3) is 2.54. The summed E-state index contributed by atoms with van der Waals surface area (Å²) in [4.78, 5) is 28.1. The lowest BCUT2D eigenvalue weighted by molar-refractivity contribution is -0.126. The molecule has 3 fully saturated rings. The van der Waals surface area contributed by atoms with Crippen molar-refractivity contribution in [3.63, 3.8) is 0 Å². The standard InChI is InChI=1S/C21H19Cl2N3O2/c1-12-3-8-15(11-16(12)23)26-20(27)17-18(13-4-6-14(22)7-5-13)24-9-2-10-25(24)19(17)21(26)28/h3-8,11,17-19H,2,9-10H2,1H3/t17-,18-,19-/m0/s1. The molecule has 5 rings (SSSR count). The molecule has 144 valence electrons. The van der Waals surface area contributed by atoms with Crippen LogP contribution in [0.4, 0.5) is 5.69 Å². The van der Waals surface area contributed by atoms with E-state index in [9.17, 15) is 9.59 Å². The van der Waals surface area contributed by atoms with Crippen molar-refractivity contribution in [3.05, 3.63) is 63.6 Å². The molecule has 28 heavy (non-hydrogen) atoms. The van der Waals surface area contributed by atoms with E-state index < -0.39 is 12.0 Å². The minimum Gasteiger partial charge on any atom is -0.274 e. The third-order valence-corrected chi connectivity index (χ3v) is 6.69. The van der Waals surface area contributed by atoms with Crippen LogP contribution in [0.5, 0.6) is 0 Å². The number of hydrogen-bond acceptors (Lipinski definition) is 4. The van der Waals surface area contributed by atoms with Gasteiger partial charge in [-0.15, -0.1) is 0 Å². The molecule has 3 aliphatic rings. The first-order valence-corrected chi connectivity index (χ1v) is 10.2. The molecule has 0 radical (unpaired) electrons. The highest BCUT2D eigenvalue weighted by Crippen LogP contribution is 2.49. The average Bonchev–Trinajstić information content (AvgIpc) is 3.31. The van der Waals surface area contributed by atoms with E-state index in [0.29, 0.717) is 15.7 Å². The summed E-state index contributed by atoms with van der Waals surface area (Å²) in [6, 6.07) is 12.3. The molecule has 5 nitrogen and oxygen atoms in total. The number of carbonyl (C=O) groups excluding carboxylic acids is 2. The Kier molecular flexibility index (Phi) is 4.25. The predicted molar refractivity (Wildman–Crippen MR) is 108 cm³/mol. The maximum absolute atomic E-state index is 13.5. The molecule has 0 aliphatic carbocycles.